The van der Waals surface area contributed by atoms with E-state index < -0.39 is 5.91 Å². The molecule has 0 aliphatic rings. The summed E-state index contributed by atoms with van der Waals surface area (Å²) in [6.45, 7) is 5.56. The predicted molar refractivity (Wildman–Crippen MR) is 111 cm³/mol. The second-order valence-corrected chi connectivity index (χ2v) is 8.88. The number of hydrogen-bond acceptors (Lipinski definition) is 6. The number of aromatic nitrogens is 2. The van der Waals surface area contributed by atoms with Crippen LogP contribution < -0.4 is 16.4 Å². The Bertz CT molecular complexity index is 1080. The van der Waals surface area contributed by atoms with E-state index in [1.807, 2.05) is 44.2 Å². The molecule has 0 bridgehead atoms. The van der Waals surface area contributed by atoms with Crippen molar-refractivity contribution in [2.45, 2.75) is 37.3 Å². The summed E-state index contributed by atoms with van der Waals surface area (Å²) in [6.07, 6.45) is -0.137. The number of amides is 2. The van der Waals surface area contributed by atoms with Crippen LogP contribution in [0.3, 0.4) is 0 Å². The zero-order valence-electron chi connectivity index (χ0n) is 15.7. The van der Waals surface area contributed by atoms with Crippen molar-refractivity contribution < 1.29 is 9.59 Å². The average Bonchev–Trinajstić information content (AvgIpc) is 2.94. The number of thiophene rings is 1. The van der Waals surface area contributed by atoms with Gasteiger partial charge in [0.25, 0.3) is 11.5 Å². The first-order valence-electron chi connectivity index (χ1n) is 8.64. The molecule has 2 aromatic heterocycles. The van der Waals surface area contributed by atoms with Crippen molar-refractivity contribution in [2.75, 3.05) is 0 Å². The van der Waals surface area contributed by atoms with Crippen LogP contribution in [0, 0.1) is 13.8 Å². The summed E-state index contributed by atoms with van der Waals surface area (Å²) in [5.74, 6) is -0.515. The first-order valence-corrected chi connectivity index (χ1v) is 10.3. The lowest BCUT2D eigenvalue weighted by atomic mass is 10.2. The lowest BCUT2D eigenvalue weighted by Gasteiger charge is -2.12. The van der Waals surface area contributed by atoms with Gasteiger partial charge in [-0.15, -0.1) is 23.1 Å². The summed E-state index contributed by atoms with van der Waals surface area (Å²) in [7, 11) is 0. The number of thioether (sulfide) groups is 1. The maximum atomic E-state index is 12.3. The molecular formula is C19H20N4O3S2. The molecule has 2 heterocycles. The van der Waals surface area contributed by atoms with Gasteiger partial charge in [-0.1, -0.05) is 18.2 Å². The van der Waals surface area contributed by atoms with E-state index in [2.05, 4.69) is 20.8 Å². The van der Waals surface area contributed by atoms with Crippen LogP contribution in [0.2, 0.25) is 0 Å². The van der Waals surface area contributed by atoms with Gasteiger partial charge in [-0.25, -0.2) is 4.98 Å². The van der Waals surface area contributed by atoms with Crippen molar-refractivity contribution in [1.82, 2.24) is 20.8 Å². The highest BCUT2D eigenvalue weighted by molar-refractivity contribution is 8.00. The molecule has 3 N–H and O–H groups in total. The molecule has 1 aromatic carbocycles. The van der Waals surface area contributed by atoms with Crippen LogP contribution in [0.1, 0.15) is 23.2 Å². The van der Waals surface area contributed by atoms with Crippen molar-refractivity contribution in [1.29, 1.82) is 0 Å². The number of aryl methyl sites for hydroxylation is 2. The fourth-order valence-corrected chi connectivity index (χ4v) is 4.51. The second-order valence-electron chi connectivity index (χ2n) is 6.26. The van der Waals surface area contributed by atoms with Crippen molar-refractivity contribution in [3.05, 3.63) is 57.0 Å². The second kappa shape index (κ2) is 8.57. The van der Waals surface area contributed by atoms with Gasteiger partial charge in [0.2, 0.25) is 5.91 Å². The highest BCUT2D eigenvalue weighted by Gasteiger charge is 2.16. The maximum absolute atomic E-state index is 12.3. The van der Waals surface area contributed by atoms with E-state index in [9.17, 15) is 14.4 Å². The molecule has 9 heteroatoms. The number of benzene rings is 1. The summed E-state index contributed by atoms with van der Waals surface area (Å²) in [5.41, 5.74) is 5.43. The lowest BCUT2D eigenvalue weighted by Crippen LogP contribution is -2.45. The molecule has 1 unspecified atom stereocenters. The number of carbonyl (C=O) groups is 2. The van der Waals surface area contributed by atoms with Crippen LogP contribution >= 0.6 is 23.1 Å². The van der Waals surface area contributed by atoms with Crippen molar-refractivity contribution in [2.24, 2.45) is 0 Å². The SMILES string of the molecule is Cc1sc2nc(CC(=O)NNC(=O)C(C)Sc3ccccc3)[nH]c(=O)c2c1C. The minimum Gasteiger partial charge on any atom is -0.309 e. The number of H-pyrrole nitrogens is 1. The third kappa shape index (κ3) is 4.60. The zero-order valence-corrected chi connectivity index (χ0v) is 17.3. The minimum atomic E-state index is -0.460. The fourth-order valence-electron chi connectivity index (χ4n) is 2.57. The minimum absolute atomic E-state index is 0.137. The molecule has 3 aromatic rings. The molecule has 1 atom stereocenters. The number of aromatic amines is 1. The number of carbonyl (C=O) groups excluding carboxylic acids is 2. The molecule has 146 valence electrons. The van der Waals surface area contributed by atoms with Crippen LogP contribution in [0.25, 0.3) is 10.2 Å². The third-order valence-electron chi connectivity index (χ3n) is 4.17. The number of hydrazine groups is 1. The molecule has 0 aliphatic carbocycles. The number of nitrogens with zero attached hydrogens (tertiary/aromatic N) is 1. The topological polar surface area (TPSA) is 104 Å². The number of rotatable bonds is 5. The van der Waals surface area contributed by atoms with E-state index in [1.165, 1.54) is 23.1 Å². The largest absolute Gasteiger partial charge is 0.309 e. The average molecular weight is 417 g/mol. The smallest absolute Gasteiger partial charge is 0.259 e. The number of nitrogens with one attached hydrogen (secondary N) is 3. The number of fused-ring (bicyclic) bond motifs is 1. The Morgan fingerprint density at radius 1 is 1.21 bits per heavy atom. The van der Waals surface area contributed by atoms with Crippen molar-refractivity contribution >= 4 is 45.1 Å². The maximum Gasteiger partial charge on any atom is 0.259 e. The molecule has 0 spiro atoms. The summed E-state index contributed by atoms with van der Waals surface area (Å²) in [4.78, 5) is 46.1. The van der Waals surface area contributed by atoms with E-state index >= 15 is 0 Å². The van der Waals surface area contributed by atoms with Crippen LogP contribution in [-0.4, -0.2) is 27.0 Å². The molecule has 7 nitrogen and oxygen atoms in total. The molecule has 0 saturated heterocycles. The Morgan fingerprint density at radius 3 is 2.64 bits per heavy atom. The summed E-state index contributed by atoms with van der Waals surface area (Å²) >= 11 is 2.81. The molecule has 0 radical (unpaired) electrons. The van der Waals surface area contributed by atoms with E-state index in [1.54, 1.807) is 6.92 Å². The van der Waals surface area contributed by atoms with Gasteiger partial charge in [-0.05, 0) is 38.5 Å². The molecule has 0 saturated carbocycles. The monoisotopic (exact) mass is 416 g/mol. The Morgan fingerprint density at radius 2 is 1.93 bits per heavy atom. The highest BCUT2D eigenvalue weighted by Crippen LogP contribution is 2.25. The lowest BCUT2D eigenvalue weighted by molar-refractivity contribution is -0.128. The van der Waals surface area contributed by atoms with Gasteiger partial charge in [0, 0.05) is 9.77 Å². The zero-order chi connectivity index (χ0) is 20.3. The first kappa shape index (κ1) is 20.1. The van der Waals surface area contributed by atoms with Gasteiger partial charge >= 0.3 is 0 Å². The van der Waals surface area contributed by atoms with Crippen molar-refractivity contribution in [3.8, 4) is 0 Å². The van der Waals surface area contributed by atoms with E-state index in [0.717, 1.165) is 15.3 Å². The summed E-state index contributed by atoms with van der Waals surface area (Å²) in [5, 5.41) is 0.181. The summed E-state index contributed by atoms with van der Waals surface area (Å²) in [6, 6.07) is 9.54. The number of hydrogen-bond donors (Lipinski definition) is 3. The van der Waals surface area contributed by atoms with Gasteiger partial charge in [0.05, 0.1) is 17.1 Å². The Kier molecular flexibility index (Phi) is 6.15. The van der Waals surface area contributed by atoms with Crippen LogP contribution in [0.4, 0.5) is 0 Å². The Labute approximate surface area is 169 Å². The predicted octanol–water partition coefficient (Wildman–Crippen LogP) is 2.47. The van der Waals surface area contributed by atoms with Gasteiger partial charge in [0.1, 0.15) is 10.7 Å². The quantitative estimate of drug-likeness (QED) is 0.438. The molecule has 0 fully saturated rings. The Hall–Kier alpha value is -2.65. The van der Waals surface area contributed by atoms with Crippen molar-refractivity contribution in [3.63, 3.8) is 0 Å². The Balaban J connectivity index is 1.57. The highest BCUT2D eigenvalue weighted by atomic mass is 32.2. The van der Waals surface area contributed by atoms with E-state index in [0.29, 0.717) is 10.2 Å². The fraction of sp³-hybridized carbons (Fsp3) is 0.263. The molecule has 2 amide bonds. The molecule has 0 aliphatic heterocycles. The summed E-state index contributed by atoms with van der Waals surface area (Å²) < 4.78 is 0. The van der Waals surface area contributed by atoms with Gasteiger partial charge in [-0.2, -0.15) is 0 Å². The molecule has 28 heavy (non-hydrogen) atoms. The first-order chi connectivity index (χ1) is 13.3. The molecule has 3 rings (SSSR count). The standard InChI is InChI=1S/C19H20N4O3S2/c1-10-11(2)28-19-16(10)18(26)20-14(21-19)9-15(24)22-23-17(25)12(3)27-13-7-5-4-6-8-13/h4-8,12H,9H2,1-3H3,(H,22,24)(H,23,25)(H,20,21,26). The third-order valence-corrected chi connectivity index (χ3v) is 6.38. The normalized spacial score (nSPS) is 12.0. The van der Waals surface area contributed by atoms with E-state index in [-0.39, 0.29) is 29.0 Å². The van der Waals surface area contributed by atoms with Crippen LogP contribution in [0.5, 0.6) is 0 Å². The van der Waals surface area contributed by atoms with E-state index in [4.69, 9.17) is 0 Å². The van der Waals surface area contributed by atoms with Gasteiger partial charge < -0.3 is 4.98 Å². The van der Waals surface area contributed by atoms with Crippen LogP contribution in [-0.2, 0) is 16.0 Å². The van der Waals surface area contributed by atoms with Gasteiger partial charge in [-0.3, -0.25) is 25.2 Å². The van der Waals surface area contributed by atoms with Crippen LogP contribution in [0.15, 0.2) is 40.0 Å². The molecular weight excluding hydrogens is 396 g/mol. The van der Waals surface area contributed by atoms with Gasteiger partial charge in [0.15, 0.2) is 0 Å².